The second-order valence-corrected chi connectivity index (χ2v) is 0. The van der Waals surface area contributed by atoms with Gasteiger partial charge in [0.1, 0.15) is 0 Å². The van der Waals surface area contributed by atoms with E-state index in [0.717, 1.165) is 0 Å². The van der Waals surface area contributed by atoms with Gasteiger partial charge in [-0.25, -0.2) is 0 Å². The first-order valence-electron chi connectivity index (χ1n) is 0. The van der Waals surface area contributed by atoms with Crippen molar-refractivity contribution in [3.05, 3.63) is 0 Å². The van der Waals surface area contributed by atoms with Crippen molar-refractivity contribution in [2.24, 2.45) is 0 Å². The maximum Gasteiger partial charge on any atom is 5.00 e. The fourth-order valence-electron chi connectivity index (χ4n) is 0. The van der Waals surface area contributed by atoms with Gasteiger partial charge in [-0.1, -0.05) is 0 Å². The van der Waals surface area contributed by atoms with Gasteiger partial charge in [0.15, 0.2) is 0 Å². The number of hydrogen-bond acceptors (Lipinski definition) is 0. The molecule has 0 aliphatic rings. The van der Waals surface area contributed by atoms with Crippen molar-refractivity contribution < 1.29 is 79.4 Å². The van der Waals surface area contributed by atoms with Gasteiger partial charge in [-0.3, -0.25) is 0 Å². The van der Waals surface area contributed by atoms with Crippen molar-refractivity contribution in [3.8, 4) is 0 Å². The van der Waals surface area contributed by atoms with Crippen LogP contribution in [0.15, 0.2) is 0 Å². The van der Waals surface area contributed by atoms with Crippen LogP contribution in [-0.4, -0.2) is 0 Å². The summed E-state index contributed by atoms with van der Waals surface area (Å²) in [7, 11) is 0. The minimum absolute atomic E-state index is 0. The zero-order valence-electron chi connectivity index (χ0n) is 2.30. The summed E-state index contributed by atoms with van der Waals surface area (Å²) in [6, 6.07) is 0. The van der Waals surface area contributed by atoms with E-state index in [1.165, 1.54) is 0 Å². The zero-order valence-corrected chi connectivity index (χ0v) is 7.35. The SMILES string of the molecule is [Cl-].[Cl-].[Cl-].[Cl-].[Cl-].[Cr+5]. The first-order chi connectivity index (χ1) is 0. The third kappa shape index (κ3) is 37.8. The first kappa shape index (κ1) is 99.0. The van der Waals surface area contributed by atoms with Crippen LogP contribution in [0, 0.1) is 0 Å². The van der Waals surface area contributed by atoms with Crippen LogP contribution in [-0.2, 0) is 17.4 Å². The molecular weight excluding hydrogens is 229 g/mol. The van der Waals surface area contributed by atoms with Gasteiger partial charge in [-0.05, 0) is 0 Å². The number of rotatable bonds is 0. The molecule has 0 aromatic carbocycles. The van der Waals surface area contributed by atoms with E-state index in [-0.39, 0.29) is 79.4 Å². The van der Waals surface area contributed by atoms with Crippen LogP contribution in [0.5, 0.6) is 0 Å². The average molecular weight is 229 g/mol. The molecule has 0 saturated carbocycles. The molecule has 6 heavy (non-hydrogen) atoms. The second-order valence-electron chi connectivity index (χ2n) is 0. The average Bonchev–Trinajstić information content (AvgIpc) is 0. The van der Waals surface area contributed by atoms with E-state index in [4.69, 9.17) is 0 Å². The van der Waals surface area contributed by atoms with Crippen molar-refractivity contribution in [2.75, 3.05) is 0 Å². The van der Waals surface area contributed by atoms with Crippen molar-refractivity contribution in [2.45, 2.75) is 0 Å². The van der Waals surface area contributed by atoms with E-state index < -0.39 is 0 Å². The topological polar surface area (TPSA) is 0 Å². The minimum Gasteiger partial charge on any atom is -1.00 e. The molecule has 0 aromatic heterocycles. The minimum atomic E-state index is 0. The van der Waals surface area contributed by atoms with E-state index in [9.17, 15) is 0 Å². The van der Waals surface area contributed by atoms with Crippen molar-refractivity contribution in [3.63, 3.8) is 0 Å². The molecule has 0 heterocycles. The predicted octanol–water partition coefficient (Wildman–Crippen LogP) is -15.0. The third-order valence-electron chi connectivity index (χ3n) is 0. The number of hydrogen-bond donors (Lipinski definition) is 0. The fourth-order valence-corrected chi connectivity index (χ4v) is 0. The van der Waals surface area contributed by atoms with E-state index in [1.807, 2.05) is 0 Å². The van der Waals surface area contributed by atoms with E-state index in [0.29, 0.717) is 0 Å². The molecule has 0 spiro atoms. The van der Waals surface area contributed by atoms with Gasteiger partial charge in [-0.15, -0.1) is 0 Å². The fraction of sp³-hybridized carbons (Fsp3) is 0. The van der Waals surface area contributed by atoms with Gasteiger partial charge >= 0.3 is 17.4 Å². The Balaban J connectivity index is 0. The molecule has 0 fully saturated rings. The Morgan fingerprint density at radius 2 is 0.333 bits per heavy atom. The Hall–Kier alpha value is 1.98. The molecule has 0 aliphatic carbocycles. The summed E-state index contributed by atoms with van der Waals surface area (Å²) < 4.78 is 0. The molecule has 0 aromatic rings. The van der Waals surface area contributed by atoms with Gasteiger partial charge in [-0.2, -0.15) is 0 Å². The molecule has 0 aliphatic heterocycles. The third-order valence-corrected chi connectivity index (χ3v) is 0. The van der Waals surface area contributed by atoms with E-state index in [1.54, 1.807) is 0 Å². The summed E-state index contributed by atoms with van der Waals surface area (Å²) in [5.74, 6) is 0. The standard InChI is InChI=1S/5ClH.Cr/h5*1H;/q;;;;;+5/p-5. The first-order valence-corrected chi connectivity index (χ1v) is 0. The van der Waals surface area contributed by atoms with Crippen LogP contribution < -0.4 is 62.0 Å². The smallest absolute Gasteiger partial charge is 1.00 e. The quantitative estimate of drug-likeness (QED) is 0.387. The van der Waals surface area contributed by atoms with Gasteiger partial charge in [0.2, 0.25) is 0 Å². The van der Waals surface area contributed by atoms with Gasteiger partial charge < -0.3 is 62.0 Å². The summed E-state index contributed by atoms with van der Waals surface area (Å²) in [5, 5.41) is 0. The molecule has 6 heteroatoms. The van der Waals surface area contributed by atoms with E-state index in [2.05, 4.69) is 0 Å². The molecule has 0 unspecified atom stereocenters. The Bertz CT molecular complexity index is 3.90. The van der Waals surface area contributed by atoms with Crippen molar-refractivity contribution in [1.29, 1.82) is 0 Å². The Labute approximate surface area is 79.0 Å². The second kappa shape index (κ2) is 63.6. The maximum absolute atomic E-state index is 0. The van der Waals surface area contributed by atoms with Gasteiger partial charge in [0.25, 0.3) is 0 Å². The molecule has 1 radical (unpaired) electrons. The van der Waals surface area contributed by atoms with E-state index >= 15 is 0 Å². The van der Waals surface area contributed by atoms with Gasteiger partial charge in [0, 0.05) is 0 Å². The van der Waals surface area contributed by atoms with Gasteiger partial charge in [0.05, 0.1) is 0 Å². The maximum atomic E-state index is 0. The summed E-state index contributed by atoms with van der Waals surface area (Å²) in [5.41, 5.74) is 0. The molecule has 0 saturated heterocycles. The molecular formula is Cl5Cr. The molecule has 0 N–H and O–H groups in total. The summed E-state index contributed by atoms with van der Waals surface area (Å²) in [6.07, 6.45) is 0. The molecule has 0 atom stereocenters. The monoisotopic (exact) mass is 227 g/mol. The van der Waals surface area contributed by atoms with Crippen molar-refractivity contribution in [1.82, 2.24) is 0 Å². The Kier molecular flexibility index (Phi) is 1050. The molecule has 0 amide bonds. The van der Waals surface area contributed by atoms with Crippen LogP contribution >= 0.6 is 0 Å². The summed E-state index contributed by atoms with van der Waals surface area (Å²) in [4.78, 5) is 0. The van der Waals surface area contributed by atoms with Crippen LogP contribution in [0.4, 0.5) is 0 Å². The summed E-state index contributed by atoms with van der Waals surface area (Å²) >= 11 is 0. The molecule has 0 nitrogen and oxygen atoms in total. The van der Waals surface area contributed by atoms with Crippen LogP contribution in [0.25, 0.3) is 0 Å². The summed E-state index contributed by atoms with van der Waals surface area (Å²) in [6.45, 7) is 0. The Morgan fingerprint density at radius 3 is 0.333 bits per heavy atom. The van der Waals surface area contributed by atoms with Crippen molar-refractivity contribution >= 4 is 0 Å². The molecule has 0 bridgehead atoms. The van der Waals surface area contributed by atoms with Crippen LogP contribution in [0.3, 0.4) is 0 Å². The Morgan fingerprint density at radius 1 is 0.333 bits per heavy atom. The largest absolute Gasteiger partial charge is 5.00 e. The molecule has 41 valence electrons. The normalized spacial score (nSPS) is 0. The van der Waals surface area contributed by atoms with Crippen LogP contribution in [0.2, 0.25) is 0 Å². The predicted molar refractivity (Wildman–Crippen MR) is 0 cm³/mol. The zero-order chi connectivity index (χ0) is 0. The number of halogens is 5. The van der Waals surface area contributed by atoms with Crippen LogP contribution in [0.1, 0.15) is 0 Å². The molecule has 0 rings (SSSR count).